The number of imidazole rings is 1. The van der Waals surface area contributed by atoms with Crippen molar-refractivity contribution in [2.75, 3.05) is 5.75 Å². The Balaban J connectivity index is 2.91. The molecule has 180 valence electrons. The molecule has 0 saturated carbocycles. The van der Waals surface area contributed by atoms with Gasteiger partial charge in [0.15, 0.2) is 0 Å². The molecular formula is C19H32N6O6S. The van der Waals surface area contributed by atoms with Crippen LogP contribution in [0.3, 0.4) is 0 Å². The van der Waals surface area contributed by atoms with Crippen molar-refractivity contribution in [3.63, 3.8) is 0 Å². The number of carboxylic acids is 1. The minimum Gasteiger partial charge on any atom is -0.480 e. The molecule has 12 nitrogen and oxygen atoms in total. The van der Waals surface area contributed by atoms with Gasteiger partial charge in [-0.3, -0.25) is 14.4 Å². The number of thiol groups is 1. The molecule has 13 heteroatoms. The second kappa shape index (κ2) is 13.0. The van der Waals surface area contributed by atoms with Gasteiger partial charge in [0.25, 0.3) is 0 Å². The first-order valence-corrected chi connectivity index (χ1v) is 10.8. The zero-order valence-electron chi connectivity index (χ0n) is 18.2. The number of aromatic nitrogens is 2. The van der Waals surface area contributed by atoms with E-state index in [1.54, 1.807) is 6.92 Å². The van der Waals surface area contributed by atoms with E-state index in [9.17, 15) is 29.4 Å². The van der Waals surface area contributed by atoms with Crippen molar-refractivity contribution in [3.8, 4) is 0 Å². The third kappa shape index (κ3) is 8.13. The molecule has 0 bridgehead atoms. The molecule has 6 unspecified atom stereocenters. The summed E-state index contributed by atoms with van der Waals surface area (Å²) in [5, 5.41) is 26.3. The summed E-state index contributed by atoms with van der Waals surface area (Å²) in [6.07, 6.45) is 2.22. The van der Waals surface area contributed by atoms with Crippen molar-refractivity contribution in [3.05, 3.63) is 18.2 Å². The smallest absolute Gasteiger partial charge is 0.326 e. The van der Waals surface area contributed by atoms with E-state index in [1.807, 2.05) is 6.92 Å². The molecule has 0 aromatic carbocycles. The highest BCUT2D eigenvalue weighted by Gasteiger charge is 2.33. The van der Waals surface area contributed by atoms with Crippen LogP contribution in [0, 0.1) is 5.92 Å². The average molecular weight is 473 g/mol. The van der Waals surface area contributed by atoms with Gasteiger partial charge < -0.3 is 36.9 Å². The highest BCUT2D eigenvalue weighted by molar-refractivity contribution is 7.80. The number of hydrogen-bond acceptors (Lipinski definition) is 8. The Morgan fingerprint density at radius 2 is 1.75 bits per heavy atom. The maximum absolute atomic E-state index is 12.9. The van der Waals surface area contributed by atoms with Crippen LogP contribution in [0.4, 0.5) is 0 Å². The molecule has 1 rings (SSSR count). The van der Waals surface area contributed by atoms with Crippen LogP contribution < -0.4 is 21.7 Å². The molecule has 1 aromatic heterocycles. The molecule has 0 aliphatic rings. The van der Waals surface area contributed by atoms with Crippen molar-refractivity contribution in [1.82, 2.24) is 25.9 Å². The van der Waals surface area contributed by atoms with E-state index in [1.165, 1.54) is 19.4 Å². The molecule has 32 heavy (non-hydrogen) atoms. The largest absolute Gasteiger partial charge is 0.480 e. The van der Waals surface area contributed by atoms with Gasteiger partial charge in [0.05, 0.1) is 12.4 Å². The Hall–Kier alpha value is -2.64. The Kier molecular flexibility index (Phi) is 11.2. The summed E-state index contributed by atoms with van der Waals surface area (Å²) in [6.45, 7) is 4.88. The zero-order valence-corrected chi connectivity index (χ0v) is 19.1. The molecule has 0 spiro atoms. The molecule has 3 amide bonds. The SMILES string of the molecule is CCC(C)C(NC(=O)C(CS)NC(=O)C(N)C(C)O)C(=O)NC(Cc1cnc[nH]1)C(=O)O. The summed E-state index contributed by atoms with van der Waals surface area (Å²) in [5.74, 6) is -3.77. The van der Waals surface area contributed by atoms with E-state index in [-0.39, 0.29) is 18.1 Å². The van der Waals surface area contributed by atoms with E-state index in [4.69, 9.17) is 5.73 Å². The summed E-state index contributed by atoms with van der Waals surface area (Å²) in [7, 11) is 0. The lowest BCUT2D eigenvalue weighted by atomic mass is 9.97. The Morgan fingerprint density at radius 1 is 1.12 bits per heavy atom. The number of carbonyl (C=O) groups is 4. The van der Waals surface area contributed by atoms with Gasteiger partial charge in [-0.25, -0.2) is 9.78 Å². The summed E-state index contributed by atoms with van der Waals surface area (Å²) in [4.78, 5) is 55.9. The number of H-pyrrole nitrogens is 1. The standard InChI is InChI=1S/C19H32N6O6S/c1-4-9(2)15(18(29)23-12(19(30)31)5-11-6-21-8-22-11)25-16(27)13(7-32)24-17(28)14(20)10(3)26/h6,8-10,12-15,26,32H,4-5,7,20H2,1-3H3,(H,21,22)(H,23,29)(H,24,28)(H,25,27)(H,30,31). The minimum absolute atomic E-state index is 0.0190. The summed E-state index contributed by atoms with van der Waals surface area (Å²) in [5.41, 5.74) is 6.10. The van der Waals surface area contributed by atoms with Crippen molar-refractivity contribution < 1.29 is 29.4 Å². The number of rotatable bonds is 13. The monoisotopic (exact) mass is 472 g/mol. The highest BCUT2D eigenvalue weighted by Crippen LogP contribution is 2.10. The Bertz CT molecular complexity index is 774. The number of nitrogens with one attached hydrogen (secondary N) is 4. The van der Waals surface area contributed by atoms with Gasteiger partial charge in [-0.05, 0) is 12.8 Å². The van der Waals surface area contributed by atoms with Gasteiger partial charge in [0.2, 0.25) is 17.7 Å². The first kappa shape index (κ1) is 27.4. The molecule has 0 fully saturated rings. The fraction of sp³-hybridized carbons (Fsp3) is 0.632. The highest BCUT2D eigenvalue weighted by atomic mass is 32.1. The number of nitrogens with two attached hydrogens (primary N) is 1. The molecule has 0 saturated heterocycles. The van der Waals surface area contributed by atoms with Gasteiger partial charge in [-0.15, -0.1) is 0 Å². The maximum atomic E-state index is 12.9. The topological polar surface area (TPSA) is 200 Å². The number of hydrogen-bond donors (Lipinski definition) is 8. The number of aliphatic hydroxyl groups excluding tert-OH is 1. The normalized spacial score (nSPS) is 16.7. The van der Waals surface area contributed by atoms with Crippen LogP contribution >= 0.6 is 12.6 Å². The van der Waals surface area contributed by atoms with Crippen LogP contribution in [-0.2, 0) is 25.6 Å². The zero-order chi connectivity index (χ0) is 24.4. The van der Waals surface area contributed by atoms with Crippen molar-refractivity contribution in [2.45, 2.75) is 63.9 Å². The van der Waals surface area contributed by atoms with Gasteiger partial charge in [0.1, 0.15) is 24.2 Å². The first-order chi connectivity index (χ1) is 15.0. The van der Waals surface area contributed by atoms with Crippen LogP contribution in [0.1, 0.15) is 32.9 Å². The number of carboxylic acid groups (broad SMARTS) is 1. The number of nitrogens with zero attached hydrogens (tertiary/aromatic N) is 1. The first-order valence-electron chi connectivity index (χ1n) is 10.2. The number of carbonyl (C=O) groups excluding carboxylic acids is 3. The van der Waals surface area contributed by atoms with Gasteiger partial charge in [-0.2, -0.15) is 12.6 Å². The molecular weight excluding hydrogens is 440 g/mol. The molecule has 6 atom stereocenters. The number of aliphatic hydroxyl groups is 1. The summed E-state index contributed by atoms with van der Waals surface area (Å²) in [6, 6.07) is -4.65. The molecule has 8 N–H and O–H groups in total. The van der Waals surface area contributed by atoms with Crippen LogP contribution in [0.2, 0.25) is 0 Å². The molecule has 1 heterocycles. The van der Waals surface area contributed by atoms with Crippen molar-refractivity contribution in [2.24, 2.45) is 11.7 Å². The van der Waals surface area contributed by atoms with E-state index < -0.39 is 54.0 Å². The number of amides is 3. The van der Waals surface area contributed by atoms with Crippen LogP contribution in [0.15, 0.2) is 12.5 Å². The van der Waals surface area contributed by atoms with Gasteiger partial charge in [-0.1, -0.05) is 20.3 Å². The predicted molar refractivity (Wildman–Crippen MR) is 119 cm³/mol. The van der Waals surface area contributed by atoms with Gasteiger partial charge >= 0.3 is 5.97 Å². The van der Waals surface area contributed by atoms with E-state index in [2.05, 4.69) is 38.5 Å². The third-order valence-electron chi connectivity index (χ3n) is 5.02. The molecule has 0 aliphatic carbocycles. The van der Waals surface area contributed by atoms with Gasteiger partial charge in [0, 0.05) is 24.1 Å². The lowest BCUT2D eigenvalue weighted by Gasteiger charge is -2.27. The quantitative estimate of drug-likeness (QED) is 0.153. The fourth-order valence-corrected chi connectivity index (χ4v) is 2.97. The summed E-state index contributed by atoms with van der Waals surface area (Å²) >= 11 is 4.06. The second-order valence-corrected chi connectivity index (χ2v) is 7.93. The Morgan fingerprint density at radius 3 is 2.22 bits per heavy atom. The Labute approximate surface area is 191 Å². The van der Waals surface area contributed by atoms with E-state index in [0.717, 1.165) is 0 Å². The average Bonchev–Trinajstić information content (AvgIpc) is 3.26. The fourth-order valence-electron chi connectivity index (χ4n) is 2.71. The van der Waals surface area contributed by atoms with E-state index in [0.29, 0.717) is 12.1 Å². The van der Waals surface area contributed by atoms with Crippen molar-refractivity contribution >= 4 is 36.3 Å². The van der Waals surface area contributed by atoms with Crippen LogP contribution in [0.5, 0.6) is 0 Å². The minimum atomic E-state index is -1.24. The number of aliphatic carboxylic acids is 1. The van der Waals surface area contributed by atoms with Crippen LogP contribution in [0.25, 0.3) is 0 Å². The molecule has 0 radical (unpaired) electrons. The predicted octanol–water partition coefficient (Wildman–Crippen LogP) is -1.82. The summed E-state index contributed by atoms with van der Waals surface area (Å²) < 4.78 is 0. The molecule has 1 aromatic rings. The van der Waals surface area contributed by atoms with Crippen LogP contribution in [-0.4, -0.2) is 79.9 Å². The van der Waals surface area contributed by atoms with Crippen molar-refractivity contribution in [1.29, 1.82) is 0 Å². The second-order valence-electron chi connectivity index (χ2n) is 7.56. The lowest BCUT2D eigenvalue weighted by Crippen LogP contribution is -2.60. The number of aromatic amines is 1. The maximum Gasteiger partial charge on any atom is 0.326 e. The third-order valence-corrected chi connectivity index (χ3v) is 5.39. The lowest BCUT2D eigenvalue weighted by molar-refractivity contribution is -0.142. The van der Waals surface area contributed by atoms with E-state index >= 15 is 0 Å². The molecule has 0 aliphatic heterocycles.